The van der Waals surface area contributed by atoms with Gasteiger partial charge in [0.05, 0.1) is 13.2 Å². The quantitative estimate of drug-likeness (QED) is 0.147. The third-order valence-corrected chi connectivity index (χ3v) is 1.19. The number of rotatable bonds is 9. The Morgan fingerprint density at radius 2 is 1.85 bits per heavy atom. The van der Waals surface area contributed by atoms with Crippen molar-refractivity contribution in [1.82, 2.24) is 0 Å². The molecule has 0 bridgehead atoms. The van der Waals surface area contributed by atoms with E-state index in [0.717, 1.165) is 0 Å². The molecule has 0 saturated heterocycles. The smallest absolute Gasteiger partial charge is 0.329 e. The number of ether oxygens (including phenoxy) is 2. The molecule has 0 aliphatic rings. The molecule has 3 N–H and O–H groups in total. The Morgan fingerprint density at radius 3 is 2.25 bits per heavy atom. The van der Waals surface area contributed by atoms with E-state index in [-0.39, 0.29) is 60.0 Å². The minimum absolute atomic E-state index is 0. The molecule has 20 heavy (non-hydrogen) atoms. The molecule has 0 aromatic rings. The minimum atomic E-state index is -1.03. The van der Waals surface area contributed by atoms with E-state index in [1.807, 2.05) is 0 Å². The number of carbonyl (C=O) groups is 2. The molecule has 9 nitrogen and oxygen atoms in total. The second kappa shape index (κ2) is 23.1. The van der Waals surface area contributed by atoms with Crippen LogP contribution in [0.3, 0.4) is 0 Å². The van der Waals surface area contributed by atoms with Crippen molar-refractivity contribution in [2.45, 2.75) is 6.92 Å². The summed E-state index contributed by atoms with van der Waals surface area (Å²) in [7, 11) is 0. The standard InChI is InChI=1S/C5H11NO2.C4H7N3O3.CH3.Pd/c1-5(7)4-8-3-2-6;5-7-6-1-2-10-3-4(8)9;;/h2-4,6H2,1H3;1-3H2,(H,8,9);1H3;/q;;-1;. The van der Waals surface area contributed by atoms with Crippen molar-refractivity contribution in [3.63, 3.8) is 0 Å². The van der Waals surface area contributed by atoms with Crippen LogP contribution in [0.5, 0.6) is 0 Å². The van der Waals surface area contributed by atoms with E-state index in [0.29, 0.717) is 13.2 Å². The number of ketones is 1. The predicted octanol–water partition coefficient (Wildman–Crippen LogP) is 0.396. The third kappa shape index (κ3) is 36.0. The fourth-order valence-electron chi connectivity index (χ4n) is 0.609. The summed E-state index contributed by atoms with van der Waals surface area (Å²) in [5.41, 5.74) is 12.8. The van der Waals surface area contributed by atoms with Gasteiger partial charge in [0.2, 0.25) is 0 Å². The average molecular weight is 384 g/mol. The SMILES string of the molecule is CC(=O)COCCN.[CH3-].[N-]=[N+]=NCCOCC(=O)O.[Pd]. The van der Waals surface area contributed by atoms with Gasteiger partial charge in [-0.15, -0.1) is 0 Å². The van der Waals surface area contributed by atoms with Gasteiger partial charge in [-0.25, -0.2) is 4.79 Å². The molecule has 0 aliphatic heterocycles. The summed E-state index contributed by atoms with van der Waals surface area (Å²) in [4.78, 5) is 22.4. The van der Waals surface area contributed by atoms with Gasteiger partial charge in [0.1, 0.15) is 13.2 Å². The molecule has 0 rings (SSSR count). The largest absolute Gasteiger partial charge is 0.480 e. The van der Waals surface area contributed by atoms with Gasteiger partial charge in [-0.05, 0) is 12.5 Å². The van der Waals surface area contributed by atoms with E-state index in [1.165, 1.54) is 6.92 Å². The van der Waals surface area contributed by atoms with Gasteiger partial charge in [0, 0.05) is 38.4 Å². The van der Waals surface area contributed by atoms with Crippen molar-refractivity contribution in [1.29, 1.82) is 0 Å². The normalized spacial score (nSPS) is 7.90. The summed E-state index contributed by atoms with van der Waals surface area (Å²) in [6, 6.07) is 0. The molecular formula is C10H21N4O5Pd-. The van der Waals surface area contributed by atoms with Gasteiger partial charge < -0.3 is 27.7 Å². The first-order valence-corrected chi connectivity index (χ1v) is 5.12. The van der Waals surface area contributed by atoms with Gasteiger partial charge >= 0.3 is 5.97 Å². The Bertz CT molecular complexity index is 281. The van der Waals surface area contributed by atoms with Gasteiger partial charge in [-0.1, -0.05) is 5.11 Å². The van der Waals surface area contributed by atoms with Crippen LogP contribution in [0, 0.1) is 7.43 Å². The third-order valence-electron chi connectivity index (χ3n) is 1.19. The first-order valence-electron chi connectivity index (χ1n) is 5.12. The molecule has 0 radical (unpaired) electrons. The molecule has 0 aromatic carbocycles. The number of aliphatic carboxylic acids is 1. The Balaban J connectivity index is -0.000000119. The number of carboxylic acids is 1. The zero-order valence-electron chi connectivity index (χ0n) is 11.6. The Hall–Kier alpha value is -1.01. The average Bonchev–Trinajstić information content (AvgIpc) is 2.29. The summed E-state index contributed by atoms with van der Waals surface area (Å²) >= 11 is 0. The van der Waals surface area contributed by atoms with Gasteiger partial charge in [0.25, 0.3) is 0 Å². The molecule has 0 amide bonds. The van der Waals surface area contributed by atoms with Crippen LogP contribution in [0.15, 0.2) is 5.11 Å². The number of hydrogen-bond donors (Lipinski definition) is 2. The van der Waals surface area contributed by atoms with Crippen molar-refractivity contribution in [2.24, 2.45) is 10.8 Å². The van der Waals surface area contributed by atoms with Crippen molar-refractivity contribution >= 4 is 11.8 Å². The number of carboxylic acid groups (broad SMARTS) is 1. The fourth-order valence-corrected chi connectivity index (χ4v) is 0.609. The van der Waals surface area contributed by atoms with Crippen molar-refractivity contribution in [3.05, 3.63) is 17.9 Å². The molecule has 122 valence electrons. The van der Waals surface area contributed by atoms with Crippen molar-refractivity contribution in [3.8, 4) is 0 Å². The molecule has 0 spiro atoms. The fraction of sp³-hybridized carbons (Fsp3) is 0.700. The molecule has 0 unspecified atom stereocenters. The van der Waals surface area contributed by atoms with E-state index in [1.54, 1.807) is 0 Å². The van der Waals surface area contributed by atoms with Crippen molar-refractivity contribution in [2.75, 3.05) is 39.5 Å². The predicted molar refractivity (Wildman–Crippen MR) is 69.4 cm³/mol. The second-order valence-corrected chi connectivity index (χ2v) is 2.94. The van der Waals surface area contributed by atoms with E-state index in [4.69, 9.17) is 21.1 Å². The number of nitrogens with zero attached hydrogens (tertiary/aromatic N) is 3. The van der Waals surface area contributed by atoms with E-state index in [2.05, 4.69) is 14.8 Å². The number of carbonyl (C=O) groups excluding carboxylic acids is 1. The Kier molecular flexibility index (Phi) is 31.6. The Morgan fingerprint density at radius 1 is 1.30 bits per heavy atom. The van der Waals surface area contributed by atoms with Crippen LogP contribution in [0.4, 0.5) is 0 Å². The minimum Gasteiger partial charge on any atom is -0.480 e. The molecule has 0 fully saturated rings. The van der Waals surface area contributed by atoms with Gasteiger partial charge in [-0.3, -0.25) is 4.79 Å². The number of hydrogen-bond acceptors (Lipinski definition) is 6. The van der Waals surface area contributed by atoms with Crippen LogP contribution >= 0.6 is 0 Å². The second-order valence-electron chi connectivity index (χ2n) is 2.94. The molecule has 10 heteroatoms. The maximum atomic E-state index is 10.2. The summed E-state index contributed by atoms with van der Waals surface area (Å²) in [5.74, 6) is -0.987. The Labute approximate surface area is 132 Å². The number of azide groups is 1. The topological polar surface area (TPSA) is 148 Å². The van der Waals surface area contributed by atoms with Crippen LogP contribution in [0.2, 0.25) is 0 Å². The zero-order chi connectivity index (χ0) is 14.2. The van der Waals surface area contributed by atoms with Crippen LogP contribution < -0.4 is 5.73 Å². The summed E-state index contributed by atoms with van der Waals surface area (Å²) < 4.78 is 9.30. The molecular weight excluding hydrogens is 363 g/mol. The van der Waals surface area contributed by atoms with Crippen LogP contribution in [0.1, 0.15) is 6.92 Å². The van der Waals surface area contributed by atoms with E-state index < -0.39 is 5.97 Å². The van der Waals surface area contributed by atoms with Crippen molar-refractivity contribution < 1.29 is 44.6 Å². The van der Waals surface area contributed by atoms with E-state index in [9.17, 15) is 9.59 Å². The zero-order valence-corrected chi connectivity index (χ0v) is 13.1. The molecule has 0 atom stereocenters. The van der Waals surface area contributed by atoms with Crippen LogP contribution in [-0.2, 0) is 39.5 Å². The van der Waals surface area contributed by atoms with E-state index >= 15 is 0 Å². The number of Topliss-reactive ketones (excluding diaryl/α,β-unsaturated/α-hetero) is 1. The monoisotopic (exact) mass is 383 g/mol. The number of nitrogens with two attached hydrogens (primary N) is 1. The van der Waals surface area contributed by atoms with Crippen LogP contribution in [-0.4, -0.2) is 56.4 Å². The van der Waals surface area contributed by atoms with Gasteiger partial charge in [-0.2, -0.15) is 0 Å². The summed E-state index contributed by atoms with van der Waals surface area (Å²) in [6.07, 6.45) is 0. The first kappa shape index (κ1) is 27.4. The van der Waals surface area contributed by atoms with Gasteiger partial charge in [0.15, 0.2) is 5.78 Å². The molecule has 0 aliphatic carbocycles. The maximum Gasteiger partial charge on any atom is 0.329 e. The molecule has 0 aromatic heterocycles. The first-order chi connectivity index (χ1) is 8.54. The molecule has 0 heterocycles. The summed E-state index contributed by atoms with van der Waals surface area (Å²) in [6.45, 7) is 2.60. The summed E-state index contributed by atoms with van der Waals surface area (Å²) in [5, 5.41) is 11.2. The maximum absolute atomic E-state index is 10.2. The van der Waals surface area contributed by atoms with Crippen LogP contribution in [0.25, 0.3) is 10.4 Å². The molecule has 0 saturated carbocycles.